The summed E-state index contributed by atoms with van der Waals surface area (Å²) in [5.74, 6) is 0.610. The standard InChI is InChI=1S/C23H22N4O4S/c28-21(15-4-5-17-18(12-15)31-13-30-17)27-23-26-20-16(2-1-3-19(20)32-23)22(29)25-11-8-14-6-9-24-10-7-14/h4-7,9-10,12,16H,1-3,8,11,13H2,(H,25,29)(H,26,27,28). The van der Waals surface area contributed by atoms with Gasteiger partial charge in [0.2, 0.25) is 12.7 Å². The fraction of sp³-hybridized carbons (Fsp3) is 0.304. The first-order valence-electron chi connectivity index (χ1n) is 10.5. The molecule has 5 rings (SSSR count). The van der Waals surface area contributed by atoms with E-state index in [9.17, 15) is 9.59 Å². The Kier molecular flexibility index (Phi) is 5.72. The first kappa shape index (κ1) is 20.4. The molecule has 0 saturated carbocycles. The second kappa shape index (κ2) is 8.96. The lowest BCUT2D eigenvalue weighted by Crippen LogP contribution is -2.32. The average Bonchev–Trinajstić information content (AvgIpc) is 3.45. The van der Waals surface area contributed by atoms with Crippen LogP contribution in [0.3, 0.4) is 0 Å². The summed E-state index contributed by atoms with van der Waals surface area (Å²) in [6.45, 7) is 0.720. The van der Waals surface area contributed by atoms with Gasteiger partial charge >= 0.3 is 0 Å². The number of anilines is 1. The molecule has 164 valence electrons. The molecule has 1 aliphatic carbocycles. The van der Waals surface area contributed by atoms with Gasteiger partial charge < -0.3 is 14.8 Å². The van der Waals surface area contributed by atoms with Gasteiger partial charge in [0.1, 0.15) is 0 Å². The third-order valence-corrected chi connectivity index (χ3v) is 6.63. The third-order valence-electron chi connectivity index (χ3n) is 5.59. The zero-order valence-electron chi connectivity index (χ0n) is 17.3. The molecule has 8 nitrogen and oxygen atoms in total. The van der Waals surface area contributed by atoms with Gasteiger partial charge in [0.15, 0.2) is 16.6 Å². The van der Waals surface area contributed by atoms with Gasteiger partial charge in [-0.1, -0.05) is 0 Å². The molecule has 32 heavy (non-hydrogen) atoms. The van der Waals surface area contributed by atoms with E-state index in [2.05, 4.69) is 20.6 Å². The van der Waals surface area contributed by atoms with E-state index < -0.39 is 0 Å². The maximum atomic E-state index is 12.8. The molecule has 2 N–H and O–H groups in total. The van der Waals surface area contributed by atoms with E-state index in [4.69, 9.17) is 9.47 Å². The van der Waals surface area contributed by atoms with Gasteiger partial charge in [-0.3, -0.25) is 19.9 Å². The Morgan fingerprint density at radius 3 is 2.84 bits per heavy atom. The van der Waals surface area contributed by atoms with Crippen LogP contribution in [-0.4, -0.2) is 35.1 Å². The minimum absolute atomic E-state index is 0.0149. The summed E-state index contributed by atoms with van der Waals surface area (Å²) in [6.07, 6.45) is 6.80. The SMILES string of the molecule is O=C(Nc1nc2c(s1)CCCC2C(=O)NCCc1ccncc1)c1ccc2c(c1)OCO2. The molecule has 1 aliphatic heterocycles. The number of rotatable bonds is 6. The number of hydrogen-bond donors (Lipinski definition) is 2. The van der Waals surface area contributed by atoms with Crippen LogP contribution >= 0.6 is 11.3 Å². The van der Waals surface area contributed by atoms with Crippen LogP contribution in [0, 0.1) is 0 Å². The van der Waals surface area contributed by atoms with Crippen molar-refractivity contribution in [2.75, 3.05) is 18.7 Å². The van der Waals surface area contributed by atoms with Crippen LogP contribution in [0.5, 0.6) is 11.5 Å². The van der Waals surface area contributed by atoms with Crippen molar-refractivity contribution in [3.63, 3.8) is 0 Å². The second-order valence-electron chi connectivity index (χ2n) is 7.69. The van der Waals surface area contributed by atoms with Crippen molar-refractivity contribution in [1.82, 2.24) is 15.3 Å². The van der Waals surface area contributed by atoms with Crippen LogP contribution in [0.1, 0.15) is 45.3 Å². The van der Waals surface area contributed by atoms with E-state index in [0.29, 0.717) is 28.7 Å². The predicted octanol–water partition coefficient (Wildman–Crippen LogP) is 3.30. The Balaban J connectivity index is 1.24. The minimum atomic E-state index is -0.288. The number of hydrogen-bond acceptors (Lipinski definition) is 7. The summed E-state index contributed by atoms with van der Waals surface area (Å²) in [7, 11) is 0. The summed E-state index contributed by atoms with van der Waals surface area (Å²) in [5.41, 5.74) is 2.38. The van der Waals surface area contributed by atoms with Crippen LogP contribution in [0.2, 0.25) is 0 Å². The Bertz CT molecular complexity index is 1150. The topological polar surface area (TPSA) is 102 Å². The van der Waals surface area contributed by atoms with Crippen molar-refractivity contribution in [2.24, 2.45) is 0 Å². The lowest BCUT2D eigenvalue weighted by Gasteiger charge is -2.20. The molecule has 2 amide bonds. The third kappa shape index (κ3) is 4.29. The largest absolute Gasteiger partial charge is 0.454 e. The number of ether oxygens (including phenoxy) is 2. The van der Waals surface area contributed by atoms with Crippen molar-refractivity contribution in [3.05, 3.63) is 64.4 Å². The zero-order chi connectivity index (χ0) is 21.9. The molecule has 0 radical (unpaired) electrons. The van der Waals surface area contributed by atoms with Gasteiger partial charge in [-0.2, -0.15) is 0 Å². The number of carbonyl (C=O) groups is 2. The molecule has 3 heterocycles. The van der Waals surface area contributed by atoms with Crippen LogP contribution in [0.15, 0.2) is 42.7 Å². The van der Waals surface area contributed by atoms with E-state index in [-0.39, 0.29) is 24.5 Å². The van der Waals surface area contributed by atoms with E-state index >= 15 is 0 Å². The highest BCUT2D eigenvalue weighted by Gasteiger charge is 2.30. The normalized spacial score (nSPS) is 16.3. The van der Waals surface area contributed by atoms with Gasteiger partial charge in [-0.25, -0.2) is 4.98 Å². The summed E-state index contributed by atoms with van der Waals surface area (Å²) >= 11 is 1.44. The summed E-state index contributed by atoms with van der Waals surface area (Å²) in [4.78, 5) is 35.2. The average molecular weight is 451 g/mol. The first-order valence-corrected chi connectivity index (χ1v) is 11.4. The van der Waals surface area contributed by atoms with Crippen LogP contribution in [0.25, 0.3) is 0 Å². The fourth-order valence-corrected chi connectivity index (χ4v) is 5.00. The highest BCUT2D eigenvalue weighted by atomic mass is 32.1. The Morgan fingerprint density at radius 2 is 1.97 bits per heavy atom. The number of amides is 2. The minimum Gasteiger partial charge on any atom is -0.454 e. The zero-order valence-corrected chi connectivity index (χ0v) is 18.1. The number of thiazole rings is 1. The number of benzene rings is 1. The summed E-state index contributed by atoms with van der Waals surface area (Å²) in [6, 6.07) is 8.96. The van der Waals surface area contributed by atoms with Crippen LogP contribution < -0.4 is 20.1 Å². The molecule has 9 heteroatoms. The maximum Gasteiger partial charge on any atom is 0.257 e. The number of aromatic nitrogens is 2. The molecule has 1 atom stereocenters. The highest BCUT2D eigenvalue weighted by Crippen LogP contribution is 2.37. The van der Waals surface area contributed by atoms with Gasteiger partial charge in [-0.05, 0) is 61.6 Å². The molecule has 2 aromatic heterocycles. The predicted molar refractivity (Wildman–Crippen MR) is 119 cm³/mol. The van der Waals surface area contributed by atoms with Gasteiger partial charge in [-0.15, -0.1) is 11.3 Å². The second-order valence-corrected chi connectivity index (χ2v) is 8.77. The van der Waals surface area contributed by atoms with E-state index in [1.165, 1.54) is 11.3 Å². The molecular formula is C23H22N4O4S. The van der Waals surface area contributed by atoms with Gasteiger partial charge in [0, 0.05) is 29.4 Å². The Hall–Kier alpha value is -3.46. The Labute approximate surface area is 189 Å². The number of aryl methyl sites for hydroxylation is 1. The van der Waals surface area contributed by atoms with Crippen molar-refractivity contribution in [1.29, 1.82) is 0 Å². The molecule has 1 aromatic carbocycles. The molecule has 3 aromatic rings. The Morgan fingerprint density at radius 1 is 1.12 bits per heavy atom. The molecule has 2 aliphatic rings. The van der Waals surface area contributed by atoms with Gasteiger partial charge in [0.25, 0.3) is 5.91 Å². The van der Waals surface area contributed by atoms with Crippen LogP contribution in [-0.2, 0) is 17.6 Å². The van der Waals surface area contributed by atoms with Crippen LogP contribution in [0.4, 0.5) is 5.13 Å². The number of carbonyl (C=O) groups excluding carboxylic acids is 2. The molecule has 0 bridgehead atoms. The molecular weight excluding hydrogens is 428 g/mol. The molecule has 1 unspecified atom stereocenters. The number of nitrogens with one attached hydrogen (secondary N) is 2. The van der Waals surface area contributed by atoms with Crippen molar-refractivity contribution < 1.29 is 19.1 Å². The van der Waals surface area contributed by atoms with Crippen molar-refractivity contribution >= 4 is 28.3 Å². The first-order chi connectivity index (χ1) is 15.7. The lowest BCUT2D eigenvalue weighted by molar-refractivity contribution is -0.122. The maximum absolute atomic E-state index is 12.8. The number of fused-ring (bicyclic) bond motifs is 2. The highest BCUT2D eigenvalue weighted by molar-refractivity contribution is 7.16. The smallest absolute Gasteiger partial charge is 0.257 e. The number of nitrogens with zero attached hydrogens (tertiary/aromatic N) is 2. The van der Waals surface area contributed by atoms with Crippen molar-refractivity contribution in [2.45, 2.75) is 31.6 Å². The monoisotopic (exact) mass is 450 g/mol. The van der Waals surface area contributed by atoms with E-state index in [1.54, 1.807) is 30.6 Å². The fourth-order valence-electron chi connectivity index (χ4n) is 3.94. The molecule has 0 saturated heterocycles. The summed E-state index contributed by atoms with van der Waals surface area (Å²) in [5, 5.41) is 6.41. The van der Waals surface area contributed by atoms with E-state index in [0.717, 1.165) is 41.8 Å². The lowest BCUT2D eigenvalue weighted by atomic mass is 9.90. The molecule has 0 fully saturated rings. The molecule has 0 spiro atoms. The van der Waals surface area contributed by atoms with Gasteiger partial charge in [0.05, 0.1) is 11.6 Å². The number of pyridine rings is 1. The quantitative estimate of drug-likeness (QED) is 0.597. The van der Waals surface area contributed by atoms with Crippen molar-refractivity contribution in [3.8, 4) is 11.5 Å². The van der Waals surface area contributed by atoms with E-state index in [1.807, 2.05) is 12.1 Å². The summed E-state index contributed by atoms with van der Waals surface area (Å²) < 4.78 is 10.6.